The second-order valence-electron chi connectivity index (χ2n) is 5.73. The number of rotatable bonds is 5. The first-order chi connectivity index (χ1) is 8.55. The Balaban J connectivity index is 2.09. The van der Waals surface area contributed by atoms with Gasteiger partial charge in [0, 0.05) is 37.4 Å². The molecule has 1 aliphatic heterocycles. The van der Waals surface area contributed by atoms with Crippen molar-refractivity contribution in [3.8, 4) is 0 Å². The summed E-state index contributed by atoms with van der Waals surface area (Å²) in [4.78, 5) is 6.92. The summed E-state index contributed by atoms with van der Waals surface area (Å²) in [7, 11) is 2.03. The third-order valence-electron chi connectivity index (χ3n) is 4.28. The van der Waals surface area contributed by atoms with Crippen LogP contribution in [-0.2, 0) is 13.5 Å². The van der Waals surface area contributed by atoms with E-state index < -0.39 is 0 Å². The fourth-order valence-electron chi connectivity index (χ4n) is 2.80. The van der Waals surface area contributed by atoms with Crippen LogP contribution >= 0.6 is 0 Å². The van der Waals surface area contributed by atoms with Crippen molar-refractivity contribution in [1.29, 1.82) is 0 Å². The van der Waals surface area contributed by atoms with Gasteiger partial charge in [-0.15, -0.1) is 0 Å². The summed E-state index contributed by atoms with van der Waals surface area (Å²) >= 11 is 0. The molecule has 1 atom stereocenters. The van der Waals surface area contributed by atoms with Crippen molar-refractivity contribution in [2.75, 3.05) is 13.1 Å². The van der Waals surface area contributed by atoms with Crippen LogP contribution < -0.4 is 11.3 Å². The molecule has 0 aromatic carbocycles. The molecule has 1 aliphatic rings. The minimum atomic E-state index is 0.0528. The lowest BCUT2D eigenvalue weighted by Crippen LogP contribution is -2.59. The zero-order valence-corrected chi connectivity index (χ0v) is 11.7. The normalized spacial score (nSPS) is 19.3. The molecule has 5 nitrogen and oxygen atoms in total. The second-order valence-corrected chi connectivity index (χ2v) is 5.73. The highest BCUT2D eigenvalue weighted by molar-refractivity contribution is 5.02. The summed E-state index contributed by atoms with van der Waals surface area (Å²) < 4.78 is 2.06. The summed E-state index contributed by atoms with van der Waals surface area (Å²) in [6.07, 6.45) is 7.26. The minimum Gasteiger partial charge on any atom is -0.338 e. The molecule has 0 aliphatic carbocycles. The van der Waals surface area contributed by atoms with Gasteiger partial charge in [0.15, 0.2) is 0 Å². The monoisotopic (exact) mass is 251 g/mol. The first-order valence-corrected chi connectivity index (χ1v) is 6.73. The van der Waals surface area contributed by atoms with Crippen molar-refractivity contribution >= 4 is 0 Å². The van der Waals surface area contributed by atoms with E-state index in [2.05, 4.69) is 33.7 Å². The summed E-state index contributed by atoms with van der Waals surface area (Å²) in [5.41, 5.74) is 3.04. The van der Waals surface area contributed by atoms with E-state index in [1.807, 2.05) is 19.4 Å². The second kappa shape index (κ2) is 5.38. The van der Waals surface area contributed by atoms with Crippen LogP contribution in [0.2, 0.25) is 0 Å². The lowest BCUT2D eigenvalue weighted by atomic mass is 9.90. The smallest absolute Gasteiger partial charge is 0.110 e. The molecule has 1 fully saturated rings. The third kappa shape index (κ3) is 2.58. The van der Waals surface area contributed by atoms with Gasteiger partial charge in [0.05, 0.1) is 0 Å². The first-order valence-electron chi connectivity index (χ1n) is 6.73. The van der Waals surface area contributed by atoms with Gasteiger partial charge in [-0.1, -0.05) is 0 Å². The Bertz CT molecular complexity index is 378. The lowest BCUT2D eigenvalue weighted by molar-refractivity contribution is 0.105. The number of nitrogens with one attached hydrogen (secondary N) is 1. The number of aryl methyl sites for hydroxylation is 1. The summed E-state index contributed by atoms with van der Waals surface area (Å²) in [6, 6.07) is 0.205. The quantitative estimate of drug-likeness (QED) is 0.596. The summed E-state index contributed by atoms with van der Waals surface area (Å²) in [5, 5.41) is 0. The average Bonchev–Trinajstić information content (AvgIpc) is 2.97. The highest BCUT2D eigenvalue weighted by Gasteiger charge is 2.36. The molecule has 0 saturated carbocycles. The predicted molar refractivity (Wildman–Crippen MR) is 72.9 cm³/mol. The maximum Gasteiger partial charge on any atom is 0.110 e. The number of hydrogen-bond acceptors (Lipinski definition) is 4. The fraction of sp³-hybridized carbons (Fsp3) is 0.769. The molecule has 18 heavy (non-hydrogen) atoms. The molecule has 1 aromatic heterocycles. The number of hydrazine groups is 1. The number of likely N-dealkylation sites (tertiary alicyclic amines) is 1. The fourth-order valence-corrected chi connectivity index (χ4v) is 2.80. The molecule has 0 bridgehead atoms. The van der Waals surface area contributed by atoms with Crippen LogP contribution in [-0.4, -0.2) is 39.1 Å². The van der Waals surface area contributed by atoms with Gasteiger partial charge in [-0.25, -0.2) is 4.98 Å². The molecule has 0 amide bonds. The number of imidazole rings is 1. The topological polar surface area (TPSA) is 59.1 Å². The lowest BCUT2D eigenvalue weighted by Gasteiger charge is -2.41. The molecule has 0 spiro atoms. The molecule has 0 radical (unpaired) electrons. The van der Waals surface area contributed by atoms with Crippen molar-refractivity contribution < 1.29 is 0 Å². The van der Waals surface area contributed by atoms with Gasteiger partial charge in [0.25, 0.3) is 0 Å². The maximum absolute atomic E-state index is 5.78. The molecule has 3 N–H and O–H groups in total. The number of hydrogen-bond donors (Lipinski definition) is 2. The molecule has 5 heteroatoms. The van der Waals surface area contributed by atoms with Crippen LogP contribution in [0.1, 0.15) is 32.5 Å². The minimum absolute atomic E-state index is 0.0528. The van der Waals surface area contributed by atoms with Crippen molar-refractivity contribution in [2.45, 2.75) is 44.7 Å². The predicted octanol–water partition coefficient (Wildman–Crippen LogP) is 0.669. The highest BCUT2D eigenvalue weighted by atomic mass is 15.3. The van der Waals surface area contributed by atoms with E-state index in [-0.39, 0.29) is 11.6 Å². The van der Waals surface area contributed by atoms with E-state index in [1.54, 1.807) is 0 Å². The summed E-state index contributed by atoms with van der Waals surface area (Å²) in [6.45, 7) is 6.88. The third-order valence-corrected chi connectivity index (χ3v) is 4.28. The highest BCUT2D eigenvalue weighted by Crippen LogP contribution is 2.25. The molecule has 2 heterocycles. The molecule has 1 unspecified atom stereocenters. The number of nitrogens with two attached hydrogens (primary N) is 1. The number of aromatic nitrogens is 2. The van der Waals surface area contributed by atoms with Gasteiger partial charge >= 0.3 is 0 Å². The largest absolute Gasteiger partial charge is 0.338 e. The molecule has 102 valence electrons. The Morgan fingerprint density at radius 1 is 1.44 bits per heavy atom. The van der Waals surface area contributed by atoms with Gasteiger partial charge in [-0.3, -0.25) is 16.2 Å². The SMILES string of the molecule is Cn1ccnc1CC(NN)C(C)(C)N1CCCC1. The van der Waals surface area contributed by atoms with E-state index in [0.29, 0.717) is 0 Å². The zero-order valence-electron chi connectivity index (χ0n) is 11.7. The van der Waals surface area contributed by atoms with Crippen LogP contribution in [0.5, 0.6) is 0 Å². The van der Waals surface area contributed by atoms with Gasteiger partial charge in [-0.2, -0.15) is 0 Å². The Labute approximate surface area is 109 Å². The van der Waals surface area contributed by atoms with Crippen molar-refractivity contribution in [2.24, 2.45) is 12.9 Å². The van der Waals surface area contributed by atoms with Crippen LogP contribution in [0.15, 0.2) is 12.4 Å². The van der Waals surface area contributed by atoms with Crippen LogP contribution in [0.4, 0.5) is 0 Å². The van der Waals surface area contributed by atoms with Gasteiger partial charge in [0.2, 0.25) is 0 Å². The zero-order chi connectivity index (χ0) is 13.2. The first kappa shape index (κ1) is 13.5. The average molecular weight is 251 g/mol. The molecule has 2 rings (SSSR count). The Morgan fingerprint density at radius 3 is 2.61 bits per heavy atom. The van der Waals surface area contributed by atoms with Crippen molar-refractivity contribution in [1.82, 2.24) is 19.9 Å². The standard InChI is InChI=1S/C13H25N5/c1-13(2,18-7-4-5-8-18)11(16-14)10-12-15-6-9-17(12)3/h6,9,11,16H,4-5,7-8,10,14H2,1-3H3. The Kier molecular flexibility index (Phi) is 4.04. The van der Waals surface area contributed by atoms with E-state index in [9.17, 15) is 0 Å². The maximum atomic E-state index is 5.78. The molecular weight excluding hydrogens is 226 g/mol. The van der Waals surface area contributed by atoms with E-state index >= 15 is 0 Å². The van der Waals surface area contributed by atoms with Gasteiger partial charge < -0.3 is 4.57 Å². The molecule has 1 saturated heterocycles. The Morgan fingerprint density at radius 2 is 2.11 bits per heavy atom. The molecular formula is C13H25N5. The van der Waals surface area contributed by atoms with E-state index in [4.69, 9.17) is 5.84 Å². The van der Waals surface area contributed by atoms with Gasteiger partial charge in [0.1, 0.15) is 5.82 Å². The Hall–Kier alpha value is -0.910. The van der Waals surface area contributed by atoms with Crippen LogP contribution in [0, 0.1) is 0 Å². The van der Waals surface area contributed by atoms with E-state index in [1.165, 1.54) is 25.9 Å². The summed E-state index contributed by atoms with van der Waals surface area (Å²) in [5.74, 6) is 6.85. The molecule has 1 aromatic rings. The van der Waals surface area contributed by atoms with Gasteiger partial charge in [-0.05, 0) is 39.8 Å². The number of nitrogens with zero attached hydrogens (tertiary/aromatic N) is 3. The van der Waals surface area contributed by atoms with Crippen molar-refractivity contribution in [3.05, 3.63) is 18.2 Å². The van der Waals surface area contributed by atoms with Crippen molar-refractivity contribution in [3.63, 3.8) is 0 Å². The van der Waals surface area contributed by atoms with E-state index in [0.717, 1.165) is 12.2 Å². The van der Waals surface area contributed by atoms with Crippen LogP contribution in [0.3, 0.4) is 0 Å². The van der Waals surface area contributed by atoms with Crippen LogP contribution in [0.25, 0.3) is 0 Å².